The van der Waals surface area contributed by atoms with Crippen molar-refractivity contribution in [3.05, 3.63) is 82.4 Å². The van der Waals surface area contributed by atoms with Gasteiger partial charge in [0.2, 0.25) is 0 Å². The first-order chi connectivity index (χ1) is 14.0. The minimum atomic E-state index is -0.304. The normalized spacial score (nSPS) is 10.9. The maximum Gasteiger partial charge on any atom is 0.260 e. The van der Waals surface area contributed by atoms with Gasteiger partial charge in [-0.15, -0.1) is 5.10 Å². The second kappa shape index (κ2) is 7.84. The first-order valence-electron chi connectivity index (χ1n) is 8.95. The Morgan fingerprint density at radius 1 is 1.14 bits per heavy atom. The van der Waals surface area contributed by atoms with E-state index in [0.29, 0.717) is 28.6 Å². The van der Waals surface area contributed by atoms with E-state index in [1.807, 2.05) is 49.4 Å². The van der Waals surface area contributed by atoms with E-state index in [1.54, 1.807) is 22.4 Å². The van der Waals surface area contributed by atoms with Crippen molar-refractivity contribution in [3.63, 3.8) is 0 Å². The van der Waals surface area contributed by atoms with Crippen molar-refractivity contribution >= 4 is 23.2 Å². The fraction of sp³-hybridized carbons (Fsp3) is 0.150. The topological polar surface area (TPSA) is 90.5 Å². The van der Waals surface area contributed by atoms with Crippen LogP contribution in [0.3, 0.4) is 0 Å². The van der Waals surface area contributed by atoms with E-state index in [1.165, 1.54) is 6.33 Å². The molecule has 0 radical (unpaired) electrons. The molecule has 0 bridgehead atoms. The molecule has 146 valence electrons. The first kappa shape index (κ1) is 18.8. The smallest absolute Gasteiger partial charge is 0.260 e. The van der Waals surface area contributed by atoms with Gasteiger partial charge in [-0.3, -0.25) is 4.79 Å². The molecule has 29 heavy (non-hydrogen) atoms. The Bertz CT molecular complexity index is 1150. The van der Waals surface area contributed by atoms with Crippen molar-refractivity contribution in [3.8, 4) is 5.69 Å². The fourth-order valence-corrected chi connectivity index (χ4v) is 3.45. The Morgan fingerprint density at radius 2 is 1.93 bits per heavy atom. The van der Waals surface area contributed by atoms with Gasteiger partial charge in [-0.05, 0) is 53.6 Å². The molecule has 0 aliphatic carbocycles. The predicted molar refractivity (Wildman–Crippen MR) is 109 cm³/mol. The number of carbonyl (C=O) groups excluding carboxylic acids is 1. The maximum atomic E-state index is 12.9. The van der Waals surface area contributed by atoms with Crippen molar-refractivity contribution in [2.75, 3.05) is 5.32 Å². The Kier molecular flexibility index (Phi) is 5.09. The number of hydrogen-bond donors (Lipinski definition) is 1. The van der Waals surface area contributed by atoms with Gasteiger partial charge in [0.05, 0.1) is 23.5 Å². The number of aromatic nitrogens is 6. The van der Waals surface area contributed by atoms with E-state index in [-0.39, 0.29) is 5.91 Å². The number of nitrogens with one attached hydrogen (secondary N) is 1. The Hall–Kier alpha value is -3.52. The van der Waals surface area contributed by atoms with E-state index in [2.05, 4.69) is 25.9 Å². The molecule has 2 aromatic carbocycles. The zero-order chi connectivity index (χ0) is 20.4. The van der Waals surface area contributed by atoms with Crippen LogP contribution in [-0.4, -0.2) is 35.9 Å². The lowest BCUT2D eigenvalue weighted by atomic mass is 10.1. The second-order valence-corrected chi connectivity index (χ2v) is 6.96. The van der Waals surface area contributed by atoms with Gasteiger partial charge in [-0.25, -0.2) is 9.36 Å². The summed E-state index contributed by atoms with van der Waals surface area (Å²) in [7, 11) is 0. The lowest BCUT2D eigenvalue weighted by Crippen LogP contribution is -2.13. The number of hydrogen-bond acceptors (Lipinski definition) is 5. The minimum absolute atomic E-state index is 0.304. The molecule has 0 saturated carbocycles. The summed E-state index contributed by atoms with van der Waals surface area (Å²) in [5.74, 6) is -0.304. The van der Waals surface area contributed by atoms with Gasteiger partial charge in [0.1, 0.15) is 11.5 Å². The Balaban J connectivity index is 1.55. The molecule has 1 N–H and O–H groups in total. The van der Waals surface area contributed by atoms with E-state index in [9.17, 15) is 4.79 Å². The average Bonchev–Trinajstić information content (AvgIpc) is 3.31. The van der Waals surface area contributed by atoms with E-state index in [0.717, 1.165) is 16.8 Å². The standard InChI is InChI=1S/C20H18ClN7O/c1-13-10-16(8-9-17(13)28-12-22-25-26-28)23-20(29)18-14(2)24-27(19(18)21)11-15-6-4-3-5-7-15/h3-10,12H,11H2,1-2H3,(H,23,29). The fourth-order valence-electron chi connectivity index (χ4n) is 3.13. The molecule has 0 saturated heterocycles. The summed E-state index contributed by atoms with van der Waals surface area (Å²) in [5.41, 5.74) is 4.39. The molecule has 1 amide bonds. The monoisotopic (exact) mass is 407 g/mol. The number of benzene rings is 2. The van der Waals surface area contributed by atoms with Crippen molar-refractivity contribution in [1.29, 1.82) is 0 Å². The van der Waals surface area contributed by atoms with E-state index >= 15 is 0 Å². The molecule has 0 unspecified atom stereocenters. The molecular weight excluding hydrogens is 390 g/mol. The number of carbonyl (C=O) groups is 1. The van der Waals surface area contributed by atoms with Crippen molar-refractivity contribution in [2.45, 2.75) is 20.4 Å². The molecule has 4 aromatic rings. The number of nitrogens with zero attached hydrogens (tertiary/aromatic N) is 6. The van der Waals surface area contributed by atoms with Crippen LogP contribution in [0.1, 0.15) is 27.2 Å². The summed E-state index contributed by atoms with van der Waals surface area (Å²) >= 11 is 6.48. The third-order valence-corrected chi connectivity index (χ3v) is 4.90. The van der Waals surface area contributed by atoms with Crippen LogP contribution in [0.25, 0.3) is 5.69 Å². The number of tetrazole rings is 1. The lowest BCUT2D eigenvalue weighted by molar-refractivity contribution is 0.102. The van der Waals surface area contributed by atoms with Crippen LogP contribution in [0.15, 0.2) is 54.9 Å². The van der Waals surface area contributed by atoms with Gasteiger partial charge in [0.15, 0.2) is 0 Å². The molecule has 0 spiro atoms. The van der Waals surface area contributed by atoms with Crippen LogP contribution in [0, 0.1) is 13.8 Å². The van der Waals surface area contributed by atoms with Crippen LogP contribution in [0.5, 0.6) is 0 Å². The number of halogens is 1. The van der Waals surface area contributed by atoms with Gasteiger partial charge in [-0.1, -0.05) is 41.9 Å². The molecular formula is C20H18ClN7O. The lowest BCUT2D eigenvalue weighted by Gasteiger charge is -2.09. The third kappa shape index (κ3) is 3.88. The zero-order valence-electron chi connectivity index (χ0n) is 15.9. The maximum absolute atomic E-state index is 12.9. The summed E-state index contributed by atoms with van der Waals surface area (Å²) in [5, 5.41) is 18.8. The first-order valence-corrected chi connectivity index (χ1v) is 9.33. The van der Waals surface area contributed by atoms with Gasteiger partial charge in [0.25, 0.3) is 5.91 Å². The quantitative estimate of drug-likeness (QED) is 0.547. The molecule has 0 fully saturated rings. The summed E-state index contributed by atoms with van der Waals surface area (Å²) in [6.07, 6.45) is 1.52. The highest BCUT2D eigenvalue weighted by Crippen LogP contribution is 2.24. The third-order valence-electron chi connectivity index (χ3n) is 4.52. The predicted octanol–water partition coefficient (Wildman–Crippen LogP) is 3.43. The van der Waals surface area contributed by atoms with Crippen molar-refractivity contribution in [2.24, 2.45) is 0 Å². The van der Waals surface area contributed by atoms with Crippen LogP contribution in [0.4, 0.5) is 5.69 Å². The molecule has 0 aliphatic rings. The van der Waals surface area contributed by atoms with Crippen molar-refractivity contribution in [1.82, 2.24) is 30.0 Å². The molecule has 9 heteroatoms. The highest BCUT2D eigenvalue weighted by atomic mass is 35.5. The van der Waals surface area contributed by atoms with Crippen molar-refractivity contribution < 1.29 is 4.79 Å². The second-order valence-electron chi connectivity index (χ2n) is 6.60. The highest BCUT2D eigenvalue weighted by molar-refractivity contribution is 6.33. The SMILES string of the molecule is Cc1cc(NC(=O)c2c(C)nn(Cc3ccccc3)c2Cl)ccc1-n1cnnn1. The molecule has 0 aliphatic heterocycles. The van der Waals surface area contributed by atoms with Gasteiger partial charge >= 0.3 is 0 Å². The zero-order valence-corrected chi connectivity index (χ0v) is 16.6. The van der Waals surface area contributed by atoms with Crippen LogP contribution in [0.2, 0.25) is 5.15 Å². The van der Waals surface area contributed by atoms with E-state index in [4.69, 9.17) is 11.6 Å². The summed E-state index contributed by atoms with van der Waals surface area (Å²) in [6.45, 7) is 4.19. The largest absolute Gasteiger partial charge is 0.322 e. The molecule has 2 heterocycles. The van der Waals surface area contributed by atoms with Crippen LogP contribution < -0.4 is 5.32 Å². The molecule has 4 rings (SSSR count). The summed E-state index contributed by atoms with van der Waals surface area (Å²) in [4.78, 5) is 12.9. The van der Waals surface area contributed by atoms with E-state index < -0.39 is 0 Å². The number of aryl methyl sites for hydroxylation is 2. The van der Waals surface area contributed by atoms with Crippen LogP contribution >= 0.6 is 11.6 Å². The summed E-state index contributed by atoms with van der Waals surface area (Å²) in [6, 6.07) is 15.3. The number of amides is 1. The van der Waals surface area contributed by atoms with Gasteiger partial charge in [-0.2, -0.15) is 5.10 Å². The Labute approximate surface area is 172 Å². The number of rotatable bonds is 5. The number of anilines is 1. The summed E-state index contributed by atoms with van der Waals surface area (Å²) < 4.78 is 3.20. The van der Waals surface area contributed by atoms with Gasteiger partial charge < -0.3 is 5.32 Å². The minimum Gasteiger partial charge on any atom is -0.322 e. The van der Waals surface area contributed by atoms with Gasteiger partial charge in [0, 0.05) is 5.69 Å². The Morgan fingerprint density at radius 3 is 2.62 bits per heavy atom. The molecule has 8 nitrogen and oxygen atoms in total. The average molecular weight is 408 g/mol. The molecule has 0 atom stereocenters. The molecule has 2 aromatic heterocycles. The van der Waals surface area contributed by atoms with Crippen LogP contribution in [-0.2, 0) is 6.54 Å². The highest BCUT2D eigenvalue weighted by Gasteiger charge is 2.21.